The number of aromatic carboxylic acids is 1. The maximum atomic E-state index is 12.5. The molecule has 1 aliphatic rings. The van der Waals surface area contributed by atoms with Gasteiger partial charge in [0.05, 0.1) is 22.2 Å². The largest absolute Gasteiger partial charge is 0.478 e. The molecule has 2 heterocycles. The number of carboxylic acid groups (broad SMARTS) is 1. The lowest BCUT2D eigenvalue weighted by Gasteiger charge is -2.13. The molecule has 0 saturated carbocycles. The van der Waals surface area contributed by atoms with Gasteiger partial charge in [-0.05, 0) is 55.3 Å². The Labute approximate surface area is 190 Å². The summed E-state index contributed by atoms with van der Waals surface area (Å²) in [5.41, 5.74) is 2.31. The van der Waals surface area contributed by atoms with Gasteiger partial charge in [0.2, 0.25) is 0 Å². The number of anilines is 1. The quantitative estimate of drug-likeness (QED) is 0.356. The molecule has 7 nitrogen and oxygen atoms in total. The maximum Gasteiger partial charge on any atom is 0.335 e. The molecule has 32 heavy (non-hydrogen) atoms. The lowest BCUT2D eigenvalue weighted by Crippen LogP contribution is -2.30. The lowest BCUT2D eigenvalue weighted by molar-refractivity contribution is 0.0649. The molecular formula is C24H22ClN3O4. The van der Waals surface area contributed by atoms with Crippen LogP contribution in [0.3, 0.4) is 0 Å². The van der Waals surface area contributed by atoms with Crippen LogP contribution in [0.1, 0.15) is 56.8 Å². The van der Waals surface area contributed by atoms with Crippen molar-refractivity contribution in [2.75, 3.05) is 18.4 Å². The average molecular weight is 452 g/mol. The first kappa shape index (κ1) is 21.8. The summed E-state index contributed by atoms with van der Waals surface area (Å²) in [4.78, 5) is 41.7. The molecule has 0 saturated heterocycles. The Morgan fingerprint density at radius 3 is 2.56 bits per heavy atom. The second-order valence-electron chi connectivity index (χ2n) is 7.69. The van der Waals surface area contributed by atoms with Crippen molar-refractivity contribution >= 4 is 46.0 Å². The van der Waals surface area contributed by atoms with Crippen LogP contribution in [-0.2, 0) is 0 Å². The summed E-state index contributed by atoms with van der Waals surface area (Å²) in [6.07, 6.45) is 5.23. The number of carboxylic acids is 1. The minimum absolute atomic E-state index is 0.00400. The van der Waals surface area contributed by atoms with Gasteiger partial charge in [-0.3, -0.25) is 19.5 Å². The fourth-order valence-electron chi connectivity index (χ4n) is 3.87. The van der Waals surface area contributed by atoms with E-state index in [-0.39, 0.29) is 22.6 Å². The Morgan fingerprint density at radius 1 is 0.969 bits per heavy atom. The van der Waals surface area contributed by atoms with Gasteiger partial charge in [-0.2, -0.15) is 0 Å². The zero-order chi connectivity index (χ0) is 22.7. The Balaban J connectivity index is 1.22. The van der Waals surface area contributed by atoms with Crippen LogP contribution in [0.2, 0.25) is 5.02 Å². The average Bonchev–Trinajstić information content (AvgIpc) is 3.02. The molecule has 0 radical (unpaired) electrons. The van der Waals surface area contributed by atoms with E-state index in [4.69, 9.17) is 16.7 Å². The van der Waals surface area contributed by atoms with Crippen molar-refractivity contribution in [3.8, 4) is 0 Å². The number of benzene rings is 2. The van der Waals surface area contributed by atoms with Gasteiger partial charge in [0.15, 0.2) is 0 Å². The van der Waals surface area contributed by atoms with Crippen molar-refractivity contribution in [1.29, 1.82) is 0 Å². The van der Waals surface area contributed by atoms with Crippen LogP contribution < -0.4 is 5.32 Å². The van der Waals surface area contributed by atoms with Gasteiger partial charge in [0, 0.05) is 35.4 Å². The number of amides is 2. The van der Waals surface area contributed by atoms with Crippen molar-refractivity contribution in [2.24, 2.45) is 0 Å². The molecule has 0 spiro atoms. The topological polar surface area (TPSA) is 99.6 Å². The van der Waals surface area contributed by atoms with Crippen LogP contribution in [-0.4, -0.2) is 45.9 Å². The molecule has 8 heteroatoms. The number of halogens is 1. The zero-order valence-corrected chi connectivity index (χ0v) is 18.1. The molecule has 1 aromatic heterocycles. The number of pyridine rings is 1. The molecule has 2 amide bonds. The summed E-state index contributed by atoms with van der Waals surface area (Å²) in [6.45, 7) is 1.13. The minimum atomic E-state index is -1.12. The van der Waals surface area contributed by atoms with E-state index in [2.05, 4.69) is 10.3 Å². The van der Waals surface area contributed by atoms with E-state index >= 15 is 0 Å². The lowest BCUT2D eigenvalue weighted by atomic mass is 10.1. The fraction of sp³-hybridized carbons (Fsp3) is 0.250. The van der Waals surface area contributed by atoms with E-state index < -0.39 is 11.9 Å². The van der Waals surface area contributed by atoms with E-state index in [9.17, 15) is 14.4 Å². The number of carbonyl (C=O) groups is 3. The molecule has 0 fully saturated rings. The third kappa shape index (κ3) is 4.43. The summed E-state index contributed by atoms with van der Waals surface area (Å²) >= 11 is 6.03. The number of aromatic nitrogens is 1. The first-order valence-corrected chi connectivity index (χ1v) is 10.8. The highest BCUT2D eigenvalue weighted by atomic mass is 35.5. The van der Waals surface area contributed by atoms with Gasteiger partial charge in [0.25, 0.3) is 11.8 Å². The molecular weight excluding hydrogens is 430 g/mol. The molecule has 0 atom stereocenters. The Kier molecular flexibility index (Phi) is 6.37. The molecule has 0 aliphatic carbocycles. The van der Waals surface area contributed by atoms with Crippen molar-refractivity contribution < 1.29 is 19.5 Å². The SMILES string of the molecule is O=C(O)c1ccc2c(c1)C(=O)N(CCCCCCNc1ccnc3cc(Cl)ccc13)C2=O. The predicted molar refractivity (Wildman–Crippen MR) is 122 cm³/mol. The van der Waals surface area contributed by atoms with E-state index in [0.717, 1.165) is 42.4 Å². The third-order valence-electron chi connectivity index (χ3n) is 5.55. The highest BCUT2D eigenvalue weighted by molar-refractivity contribution is 6.31. The number of carbonyl (C=O) groups excluding carboxylic acids is 2. The summed E-state index contributed by atoms with van der Waals surface area (Å²) in [7, 11) is 0. The van der Waals surface area contributed by atoms with Crippen LogP contribution >= 0.6 is 11.6 Å². The molecule has 0 bridgehead atoms. The minimum Gasteiger partial charge on any atom is -0.478 e. The van der Waals surface area contributed by atoms with Crippen LogP contribution in [0.25, 0.3) is 10.9 Å². The predicted octanol–water partition coefficient (Wildman–Crippen LogP) is 4.85. The zero-order valence-electron chi connectivity index (χ0n) is 17.3. The van der Waals surface area contributed by atoms with Crippen LogP contribution in [0.15, 0.2) is 48.7 Å². The number of imide groups is 1. The standard InChI is InChI=1S/C24H22ClN3O4/c25-16-6-8-18-20(9-11-27-21(18)14-16)26-10-3-1-2-4-12-28-22(29)17-7-5-15(24(31)32)13-19(17)23(28)30/h5-9,11,13-14H,1-4,10,12H2,(H,26,27)(H,31,32). The number of unbranched alkanes of at least 4 members (excludes halogenated alkanes) is 3. The van der Waals surface area contributed by atoms with E-state index in [0.29, 0.717) is 18.0 Å². The van der Waals surface area contributed by atoms with Crippen LogP contribution in [0, 0.1) is 0 Å². The third-order valence-corrected chi connectivity index (χ3v) is 5.78. The molecule has 4 rings (SSSR count). The van der Waals surface area contributed by atoms with Crippen LogP contribution in [0.5, 0.6) is 0 Å². The van der Waals surface area contributed by atoms with Gasteiger partial charge in [-0.1, -0.05) is 24.4 Å². The van der Waals surface area contributed by atoms with Gasteiger partial charge in [-0.25, -0.2) is 4.79 Å². The van der Waals surface area contributed by atoms with Gasteiger partial charge in [0.1, 0.15) is 0 Å². The molecule has 3 aromatic rings. The smallest absolute Gasteiger partial charge is 0.335 e. The number of nitrogens with one attached hydrogen (secondary N) is 1. The second kappa shape index (κ2) is 9.36. The Morgan fingerprint density at radius 2 is 1.75 bits per heavy atom. The maximum absolute atomic E-state index is 12.5. The number of nitrogens with zero attached hydrogens (tertiary/aromatic N) is 2. The van der Waals surface area contributed by atoms with E-state index in [1.807, 2.05) is 24.3 Å². The number of fused-ring (bicyclic) bond motifs is 2. The number of hydrogen-bond acceptors (Lipinski definition) is 5. The molecule has 164 valence electrons. The summed E-state index contributed by atoms with van der Waals surface area (Å²) in [6, 6.07) is 11.6. The van der Waals surface area contributed by atoms with Crippen molar-refractivity contribution in [2.45, 2.75) is 25.7 Å². The Bertz CT molecular complexity index is 1210. The summed E-state index contributed by atoms with van der Waals surface area (Å²) < 4.78 is 0. The van der Waals surface area contributed by atoms with Crippen LogP contribution in [0.4, 0.5) is 5.69 Å². The highest BCUT2D eigenvalue weighted by Crippen LogP contribution is 2.26. The molecule has 2 aromatic carbocycles. The Hall–Kier alpha value is -3.45. The number of hydrogen-bond donors (Lipinski definition) is 2. The number of rotatable bonds is 9. The van der Waals surface area contributed by atoms with Crippen molar-refractivity contribution in [3.05, 3.63) is 70.4 Å². The highest BCUT2D eigenvalue weighted by Gasteiger charge is 2.35. The first-order chi connectivity index (χ1) is 15.5. The van der Waals surface area contributed by atoms with Gasteiger partial charge < -0.3 is 10.4 Å². The van der Waals surface area contributed by atoms with Gasteiger partial charge in [-0.15, -0.1) is 0 Å². The summed E-state index contributed by atoms with van der Waals surface area (Å²) in [5.74, 6) is -1.89. The second-order valence-corrected chi connectivity index (χ2v) is 8.12. The summed E-state index contributed by atoms with van der Waals surface area (Å²) in [5, 5.41) is 14.2. The fourth-order valence-corrected chi connectivity index (χ4v) is 4.04. The monoisotopic (exact) mass is 451 g/mol. The van der Waals surface area contributed by atoms with Crippen molar-refractivity contribution in [1.82, 2.24) is 9.88 Å². The van der Waals surface area contributed by atoms with Gasteiger partial charge >= 0.3 is 5.97 Å². The first-order valence-electron chi connectivity index (χ1n) is 10.5. The molecule has 1 aliphatic heterocycles. The molecule has 2 N–H and O–H groups in total. The van der Waals surface area contributed by atoms with E-state index in [1.165, 1.54) is 23.1 Å². The molecule has 0 unspecified atom stereocenters. The normalized spacial score (nSPS) is 13.0. The van der Waals surface area contributed by atoms with Crippen molar-refractivity contribution in [3.63, 3.8) is 0 Å². The van der Waals surface area contributed by atoms with E-state index in [1.54, 1.807) is 6.20 Å².